The van der Waals surface area contributed by atoms with Crippen LogP contribution in [0.1, 0.15) is 6.92 Å². The Morgan fingerprint density at radius 1 is 1.40 bits per heavy atom. The molecule has 0 radical (unpaired) electrons. The Bertz CT molecular complexity index is 531. The van der Waals surface area contributed by atoms with Crippen LogP contribution in [0.3, 0.4) is 0 Å². The van der Waals surface area contributed by atoms with Crippen LogP contribution in [0.15, 0.2) is 29.2 Å². The van der Waals surface area contributed by atoms with E-state index in [0.29, 0.717) is 24.1 Å². The van der Waals surface area contributed by atoms with Gasteiger partial charge in [0.15, 0.2) is 0 Å². The molecular formula is C13H20N2O2S3. The number of hydrogen-bond acceptors (Lipinski definition) is 5. The summed E-state index contributed by atoms with van der Waals surface area (Å²) in [7, 11) is -3.12. The van der Waals surface area contributed by atoms with Crippen molar-refractivity contribution in [1.82, 2.24) is 4.31 Å². The number of benzene rings is 1. The molecule has 1 aromatic rings. The van der Waals surface area contributed by atoms with E-state index in [9.17, 15) is 8.42 Å². The highest BCUT2D eigenvalue weighted by molar-refractivity contribution is 8.01. The highest BCUT2D eigenvalue weighted by atomic mass is 32.2. The predicted octanol–water partition coefficient (Wildman–Crippen LogP) is 2.13. The van der Waals surface area contributed by atoms with Crippen LogP contribution in [0.4, 0.5) is 5.69 Å². The van der Waals surface area contributed by atoms with Crippen molar-refractivity contribution in [3.8, 4) is 0 Å². The van der Waals surface area contributed by atoms with E-state index < -0.39 is 10.0 Å². The molecule has 1 heterocycles. The van der Waals surface area contributed by atoms with E-state index in [4.69, 9.17) is 5.73 Å². The number of sulfonamides is 1. The van der Waals surface area contributed by atoms with Gasteiger partial charge in [-0.1, -0.05) is 6.92 Å². The Balaban J connectivity index is 1.84. The Labute approximate surface area is 129 Å². The van der Waals surface area contributed by atoms with Crippen molar-refractivity contribution in [1.29, 1.82) is 0 Å². The summed E-state index contributed by atoms with van der Waals surface area (Å²) in [5.41, 5.74) is 6.35. The van der Waals surface area contributed by atoms with Crippen LogP contribution >= 0.6 is 23.5 Å². The van der Waals surface area contributed by atoms with Gasteiger partial charge in [0.25, 0.3) is 0 Å². The highest BCUT2D eigenvalue weighted by Gasteiger charge is 2.26. The molecule has 2 N–H and O–H groups in total. The summed E-state index contributed by atoms with van der Waals surface area (Å²) < 4.78 is 26.2. The zero-order chi connectivity index (χ0) is 14.6. The molecule has 2 rings (SSSR count). The topological polar surface area (TPSA) is 63.4 Å². The molecule has 1 aromatic carbocycles. The van der Waals surface area contributed by atoms with Crippen LogP contribution < -0.4 is 5.73 Å². The van der Waals surface area contributed by atoms with Crippen LogP contribution in [0, 0.1) is 0 Å². The molecule has 0 bridgehead atoms. The van der Waals surface area contributed by atoms with Crippen molar-refractivity contribution in [2.45, 2.75) is 17.1 Å². The van der Waals surface area contributed by atoms with Gasteiger partial charge < -0.3 is 5.73 Å². The van der Waals surface area contributed by atoms with Crippen molar-refractivity contribution < 1.29 is 8.42 Å². The summed E-state index contributed by atoms with van der Waals surface area (Å²) in [5, 5.41) is 0.392. The fourth-order valence-electron chi connectivity index (χ4n) is 2.00. The Hall–Kier alpha value is -0.370. The average Bonchev–Trinajstić information content (AvgIpc) is 2.41. The van der Waals surface area contributed by atoms with Crippen LogP contribution in [0.2, 0.25) is 0 Å². The quantitative estimate of drug-likeness (QED) is 0.661. The molecule has 0 saturated carbocycles. The number of nitrogens with zero attached hydrogens (tertiary/aromatic N) is 1. The van der Waals surface area contributed by atoms with Gasteiger partial charge in [-0.05, 0) is 24.3 Å². The number of hydrogen-bond donors (Lipinski definition) is 1. The van der Waals surface area contributed by atoms with Gasteiger partial charge in [-0.15, -0.1) is 11.8 Å². The Morgan fingerprint density at radius 3 is 2.75 bits per heavy atom. The smallest absolute Gasteiger partial charge is 0.214 e. The molecule has 1 atom stereocenters. The maximum absolute atomic E-state index is 12.3. The minimum atomic E-state index is -3.12. The molecule has 0 amide bonds. The molecular weight excluding hydrogens is 312 g/mol. The SMILES string of the molecule is CC1CN(S(=O)(=O)CCSc2ccc(N)cc2)CCS1. The first kappa shape index (κ1) is 16.0. The summed E-state index contributed by atoms with van der Waals surface area (Å²) >= 11 is 3.39. The van der Waals surface area contributed by atoms with E-state index in [2.05, 4.69) is 6.92 Å². The maximum atomic E-state index is 12.3. The van der Waals surface area contributed by atoms with Gasteiger partial charge in [0.1, 0.15) is 0 Å². The van der Waals surface area contributed by atoms with E-state index in [0.717, 1.165) is 16.3 Å². The van der Waals surface area contributed by atoms with Gasteiger partial charge in [0, 0.05) is 40.4 Å². The van der Waals surface area contributed by atoms with Crippen molar-refractivity contribution >= 4 is 39.2 Å². The zero-order valence-electron chi connectivity index (χ0n) is 11.5. The number of thioether (sulfide) groups is 2. The molecule has 1 fully saturated rings. The molecule has 1 aliphatic heterocycles. The van der Waals surface area contributed by atoms with Crippen LogP contribution in [0.25, 0.3) is 0 Å². The lowest BCUT2D eigenvalue weighted by Crippen LogP contribution is -2.42. The molecule has 20 heavy (non-hydrogen) atoms. The summed E-state index contributed by atoms with van der Waals surface area (Å²) in [6.45, 7) is 3.36. The molecule has 1 aliphatic rings. The first-order chi connectivity index (χ1) is 9.47. The van der Waals surface area contributed by atoms with Crippen LogP contribution in [-0.4, -0.2) is 48.3 Å². The van der Waals surface area contributed by atoms with Gasteiger partial charge in [0.05, 0.1) is 5.75 Å². The Kier molecular flexibility index (Phi) is 5.65. The molecule has 0 aromatic heterocycles. The molecule has 0 aliphatic carbocycles. The average molecular weight is 333 g/mol. The zero-order valence-corrected chi connectivity index (χ0v) is 13.9. The minimum absolute atomic E-state index is 0.194. The van der Waals surface area contributed by atoms with E-state index >= 15 is 0 Å². The molecule has 7 heteroatoms. The van der Waals surface area contributed by atoms with Crippen LogP contribution in [-0.2, 0) is 10.0 Å². The van der Waals surface area contributed by atoms with E-state index in [1.54, 1.807) is 16.1 Å². The second kappa shape index (κ2) is 7.06. The third-order valence-corrected chi connectivity index (χ3v) is 7.33. The predicted molar refractivity (Wildman–Crippen MR) is 88.9 cm³/mol. The van der Waals surface area contributed by atoms with E-state index in [1.807, 2.05) is 36.0 Å². The fourth-order valence-corrected chi connectivity index (χ4v) is 6.04. The van der Waals surface area contributed by atoms with Gasteiger partial charge in [-0.2, -0.15) is 16.1 Å². The van der Waals surface area contributed by atoms with E-state index in [-0.39, 0.29) is 5.75 Å². The third-order valence-electron chi connectivity index (χ3n) is 3.09. The normalized spacial score (nSPS) is 20.9. The lowest BCUT2D eigenvalue weighted by atomic mass is 10.3. The number of anilines is 1. The number of nitrogens with two attached hydrogens (primary N) is 1. The second-order valence-electron chi connectivity index (χ2n) is 4.77. The summed E-state index contributed by atoms with van der Waals surface area (Å²) in [6, 6.07) is 7.51. The number of nitrogen functional groups attached to an aromatic ring is 1. The highest BCUT2D eigenvalue weighted by Crippen LogP contribution is 2.23. The van der Waals surface area contributed by atoms with Crippen molar-refractivity contribution in [3.05, 3.63) is 24.3 Å². The molecule has 0 spiro atoms. The lowest BCUT2D eigenvalue weighted by molar-refractivity contribution is 0.425. The molecule has 4 nitrogen and oxygen atoms in total. The lowest BCUT2D eigenvalue weighted by Gasteiger charge is -2.29. The fraction of sp³-hybridized carbons (Fsp3) is 0.538. The Morgan fingerprint density at radius 2 is 2.10 bits per heavy atom. The minimum Gasteiger partial charge on any atom is -0.399 e. The van der Waals surface area contributed by atoms with E-state index in [1.165, 1.54) is 0 Å². The van der Waals surface area contributed by atoms with Gasteiger partial charge in [0.2, 0.25) is 10.0 Å². The van der Waals surface area contributed by atoms with Crippen LogP contribution in [0.5, 0.6) is 0 Å². The standard InChI is InChI=1S/C13H20N2O2S3/c1-11-10-15(6-7-18-11)20(16,17)9-8-19-13-4-2-12(14)3-5-13/h2-5,11H,6-10,14H2,1H3. The largest absolute Gasteiger partial charge is 0.399 e. The summed E-state index contributed by atoms with van der Waals surface area (Å²) in [6.07, 6.45) is 0. The first-order valence-corrected chi connectivity index (χ1v) is 10.2. The second-order valence-corrected chi connectivity index (χ2v) is 9.58. The number of rotatable bonds is 5. The first-order valence-electron chi connectivity index (χ1n) is 6.55. The summed E-state index contributed by atoms with van der Waals surface area (Å²) in [4.78, 5) is 1.05. The summed E-state index contributed by atoms with van der Waals surface area (Å²) in [5.74, 6) is 1.66. The molecule has 1 saturated heterocycles. The monoisotopic (exact) mass is 332 g/mol. The van der Waals surface area contributed by atoms with Crippen molar-refractivity contribution in [2.24, 2.45) is 0 Å². The maximum Gasteiger partial charge on any atom is 0.214 e. The van der Waals surface area contributed by atoms with Crippen molar-refractivity contribution in [2.75, 3.05) is 36.1 Å². The molecule has 112 valence electrons. The van der Waals surface area contributed by atoms with Gasteiger partial charge >= 0.3 is 0 Å². The third kappa shape index (κ3) is 4.58. The van der Waals surface area contributed by atoms with Gasteiger partial charge in [-0.25, -0.2) is 8.42 Å². The molecule has 1 unspecified atom stereocenters. The van der Waals surface area contributed by atoms with Crippen molar-refractivity contribution in [3.63, 3.8) is 0 Å². The van der Waals surface area contributed by atoms with Gasteiger partial charge in [-0.3, -0.25) is 0 Å².